The monoisotopic (exact) mass is 297 g/mol. The minimum Gasteiger partial charge on any atom is -0.489 e. The summed E-state index contributed by atoms with van der Waals surface area (Å²) in [5, 5.41) is 10.4. The van der Waals surface area contributed by atoms with Crippen LogP contribution in [0, 0.1) is 5.92 Å². The Morgan fingerprint density at radius 1 is 1.05 bits per heavy atom. The molecule has 0 bridgehead atoms. The molecule has 0 amide bonds. The van der Waals surface area contributed by atoms with E-state index < -0.39 is 12.1 Å². The van der Waals surface area contributed by atoms with Gasteiger partial charge in [-0.05, 0) is 30.4 Å². The minimum absolute atomic E-state index is 0.331. The van der Waals surface area contributed by atoms with Gasteiger partial charge < -0.3 is 15.6 Å². The number of benzene rings is 2. The molecule has 1 aliphatic carbocycles. The van der Waals surface area contributed by atoms with Gasteiger partial charge in [-0.2, -0.15) is 0 Å². The van der Waals surface area contributed by atoms with Crippen LogP contribution in [0.25, 0.3) is 0 Å². The van der Waals surface area contributed by atoms with Crippen LogP contribution in [0.4, 0.5) is 0 Å². The zero-order valence-electron chi connectivity index (χ0n) is 12.7. The van der Waals surface area contributed by atoms with Crippen molar-refractivity contribution in [3.05, 3.63) is 65.7 Å². The molecule has 0 aliphatic heterocycles. The average Bonchev–Trinajstić information content (AvgIpc) is 2.52. The third kappa shape index (κ3) is 3.32. The first-order valence-electron chi connectivity index (χ1n) is 7.95. The predicted octanol–water partition coefficient (Wildman–Crippen LogP) is 3.43. The minimum atomic E-state index is -0.491. The van der Waals surface area contributed by atoms with Crippen molar-refractivity contribution in [3.63, 3.8) is 0 Å². The van der Waals surface area contributed by atoms with Gasteiger partial charge >= 0.3 is 0 Å². The van der Waals surface area contributed by atoms with Gasteiger partial charge in [0.05, 0.1) is 12.1 Å². The van der Waals surface area contributed by atoms with E-state index in [2.05, 4.69) is 0 Å². The topological polar surface area (TPSA) is 55.5 Å². The zero-order chi connectivity index (χ0) is 15.4. The highest BCUT2D eigenvalue weighted by atomic mass is 16.5. The molecule has 2 atom stereocenters. The molecule has 22 heavy (non-hydrogen) atoms. The second-order valence-corrected chi connectivity index (χ2v) is 6.02. The van der Waals surface area contributed by atoms with E-state index in [1.807, 2.05) is 54.6 Å². The fourth-order valence-electron chi connectivity index (χ4n) is 2.88. The summed E-state index contributed by atoms with van der Waals surface area (Å²) >= 11 is 0. The van der Waals surface area contributed by atoms with Crippen LogP contribution < -0.4 is 10.5 Å². The van der Waals surface area contributed by atoms with Crippen molar-refractivity contribution < 1.29 is 9.84 Å². The highest BCUT2D eigenvalue weighted by Crippen LogP contribution is 2.36. The second-order valence-electron chi connectivity index (χ2n) is 6.02. The number of rotatable bonds is 6. The van der Waals surface area contributed by atoms with Crippen molar-refractivity contribution in [2.45, 2.75) is 38.0 Å². The molecule has 2 aromatic rings. The molecule has 3 nitrogen and oxygen atoms in total. The molecule has 3 rings (SSSR count). The first kappa shape index (κ1) is 15.1. The van der Waals surface area contributed by atoms with E-state index in [4.69, 9.17) is 10.5 Å². The Morgan fingerprint density at radius 3 is 2.41 bits per heavy atom. The van der Waals surface area contributed by atoms with Crippen LogP contribution in [0.1, 0.15) is 36.4 Å². The first-order valence-corrected chi connectivity index (χ1v) is 7.95. The van der Waals surface area contributed by atoms with Crippen molar-refractivity contribution >= 4 is 0 Å². The molecule has 1 aliphatic rings. The van der Waals surface area contributed by atoms with Gasteiger partial charge in [0.1, 0.15) is 12.4 Å². The van der Waals surface area contributed by atoms with E-state index in [0.717, 1.165) is 29.7 Å². The molecule has 2 aromatic carbocycles. The normalized spacial score (nSPS) is 17.5. The molecular formula is C19H23NO2. The largest absolute Gasteiger partial charge is 0.489 e. The summed E-state index contributed by atoms with van der Waals surface area (Å²) in [6, 6.07) is 17.4. The van der Waals surface area contributed by atoms with E-state index >= 15 is 0 Å². The van der Waals surface area contributed by atoms with Crippen LogP contribution in [0.15, 0.2) is 54.6 Å². The van der Waals surface area contributed by atoms with E-state index in [9.17, 15) is 5.11 Å². The molecule has 3 heteroatoms. The highest BCUT2D eigenvalue weighted by Gasteiger charge is 2.31. The maximum absolute atomic E-state index is 10.4. The number of nitrogens with two attached hydrogens (primary N) is 1. The number of hydrogen-bond donors (Lipinski definition) is 2. The summed E-state index contributed by atoms with van der Waals surface area (Å²) in [5.41, 5.74) is 8.29. The van der Waals surface area contributed by atoms with Crippen molar-refractivity contribution in [1.82, 2.24) is 0 Å². The SMILES string of the molecule is N[C@@H](c1ccccc1OCc1ccccc1)[C@H](O)C1CCC1. The van der Waals surface area contributed by atoms with Gasteiger partial charge in [0, 0.05) is 5.56 Å². The lowest BCUT2D eigenvalue weighted by atomic mass is 9.77. The van der Waals surface area contributed by atoms with Gasteiger partial charge in [0.25, 0.3) is 0 Å². The molecule has 0 unspecified atom stereocenters. The second kappa shape index (κ2) is 6.95. The first-order chi connectivity index (χ1) is 10.8. The van der Waals surface area contributed by atoms with Crippen LogP contribution in [-0.2, 0) is 6.61 Å². The molecule has 3 N–H and O–H groups in total. The molecule has 1 fully saturated rings. The van der Waals surface area contributed by atoms with Crippen molar-refractivity contribution in [2.24, 2.45) is 11.7 Å². The van der Waals surface area contributed by atoms with Gasteiger partial charge in [-0.15, -0.1) is 0 Å². The standard InChI is InChI=1S/C19H23NO2/c20-18(19(21)15-9-6-10-15)16-11-4-5-12-17(16)22-13-14-7-2-1-3-8-14/h1-5,7-8,11-12,15,18-19,21H,6,9-10,13,20H2/t18-,19+/m0/s1. The highest BCUT2D eigenvalue weighted by molar-refractivity contribution is 5.36. The fraction of sp³-hybridized carbons (Fsp3) is 0.368. The molecular weight excluding hydrogens is 274 g/mol. The molecule has 0 radical (unpaired) electrons. The molecule has 1 saturated carbocycles. The Balaban J connectivity index is 1.71. The number of ether oxygens (including phenoxy) is 1. The Kier molecular flexibility index (Phi) is 4.76. The number of aliphatic hydroxyl groups excluding tert-OH is 1. The van der Waals surface area contributed by atoms with Crippen molar-refractivity contribution in [3.8, 4) is 5.75 Å². The van der Waals surface area contributed by atoms with Crippen LogP contribution in [0.3, 0.4) is 0 Å². The average molecular weight is 297 g/mol. The Labute approximate surface area is 131 Å². The maximum atomic E-state index is 10.4. The summed E-state index contributed by atoms with van der Waals surface area (Å²) in [4.78, 5) is 0. The Hall–Kier alpha value is -1.84. The van der Waals surface area contributed by atoms with Crippen molar-refractivity contribution in [2.75, 3.05) is 0 Å². The van der Waals surface area contributed by atoms with Gasteiger partial charge in [0.15, 0.2) is 0 Å². The van der Waals surface area contributed by atoms with E-state index in [-0.39, 0.29) is 0 Å². The Morgan fingerprint density at radius 2 is 1.73 bits per heavy atom. The fourth-order valence-corrected chi connectivity index (χ4v) is 2.88. The molecule has 0 aromatic heterocycles. The molecule has 0 heterocycles. The summed E-state index contributed by atoms with van der Waals surface area (Å²) in [5.74, 6) is 1.09. The number of aliphatic hydroxyl groups is 1. The van der Waals surface area contributed by atoms with Crippen LogP contribution >= 0.6 is 0 Å². The van der Waals surface area contributed by atoms with E-state index in [1.165, 1.54) is 6.42 Å². The summed E-state index contributed by atoms with van der Waals surface area (Å²) in [6.45, 7) is 0.504. The van der Waals surface area contributed by atoms with E-state index in [1.54, 1.807) is 0 Å². The number of para-hydroxylation sites is 1. The van der Waals surface area contributed by atoms with Gasteiger partial charge in [-0.1, -0.05) is 55.0 Å². The summed E-state index contributed by atoms with van der Waals surface area (Å²) in [6.07, 6.45) is 2.85. The number of hydrogen-bond acceptors (Lipinski definition) is 3. The molecule has 116 valence electrons. The lowest BCUT2D eigenvalue weighted by molar-refractivity contribution is 0.0405. The quantitative estimate of drug-likeness (QED) is 0.859. The third-order valence-corrected chi connectivity index (χ3v) is 4.52. The van der Waals surface area contributed by atoms with Crippen LogP contribution in [0.5, 0.6) is 5.75 Å². The lowest BCUT2D eigenvalue weighted by Gasteiger charge is -2.34. The maximum Gasteiger partial charge on any atom is 0.124 e. The van der Waals surface area contributed by atoms with Gasteiger partial charge in [-0.3, -0.25) is 0 Å². The van der Waals surface area contributed by atoms with Crippen LogP contribution in [-0.4, -0.2) is 11.2 Å². The van der Waals surface area contributed by atoms with Gasteiger partial charge in [0.2, 0.25) is 0 Å². The zero-order valence-corrected chi connectivity index (χ0v) is 12.7. The summed E-state index contributed by atoms with van der Waals surface area (Å²) in [7, 11) is 0. The molecule has 0 spiro atoms. The van der Waals surface area contributed by atoms with E-state index in [0.29, 0.717) is 12.5 Å². The predicted molar refractivity (Wildman–Crippen MR) is 87.5 cm³/mol. The lowest BCUT2D eigenvalue weighted by Crippen LogP contribution is -2.36. The summed E-state index contributed by atoms with van der Waals surface area (Å²) < 4.78 is 5.93. The smallest absolute Gasteiger partial charge is 0.124 e. The Bertz CT molecular complexity index is 595. The molecule has 0 saturated heterocycles. The van der Waals surface area contributed by atoms with Crippen LogP contribution in [0.2, 0.25) is 0 Å². The third-order valence-electron chi connectivity index (χ3n) is 4.52. The van der Waals surface area contributed by atoms with Crippen molar-refractivity contribution in [1.29, 1.82) is 0 Å². The van der Waals surface area contributed by atoms with Gasteiger partial charge in [-0.25, -0.2) is 0 Å².